The SMILES string of the molecule is O=c1c(-c2ccco2)coc2ccc([N+](=O)[O-])cc12. The third-order valence-corrected chi connectivity index (χ3v) is 2.75. The molecule has 0 radical (unpaired) electrons. The zero-order chi connectivity index (χ0) is 13.4. The van der Waals surface area contributed by atoms with Crippen LogP contribution in [-0.2, 0) is 0 Å². The van der Waals surface area contributed by atoms with E-state index < -0.39 is 4.92 Å². The number of nitro benzene ring substituents is 1. The fraction of sp³-hybridized carbons (Fsp3) is 0. The van der Waals surface area contributed by atoms with Crippen molar-refractivity contribution in [3.05, 3.63) is 63.2 Å². The average molecular weight is 257 g/mol. The maximum absolute atomic E-state index is 12.3. The predicted molar refractivity (Wildman–Crippen MR) is 66.8 cm³/mol. The van der Waals surface area contributed by atoms with Gasteiger partial charge in [-0.3, -0.25) is 14.9 Å². The van der Waals surface area contributed by atoms with Crippen molar-refractivity contribution in [3.8, 4) is 11.3 Å². The standard InChI is InChI=1S/C13H7NO5/c15-13-9-6-8(14(16)17)3-4-12(9)19-7-10(13)11-2-1-5-18-11/h1-7H. The van der Waals surface area contributed by atoms with Crippen molar-refractivity contribution in [3.63, 3.8) is 0 Å². The van der Waals surface area contributed by atoms with Gasteiger partial charge in [-0.1, -0.05) is 0 Å². The average Bonchev–Trinajstić information content (AvgIpc) is 2.92. The molecule has 0 saturated heterocycles. The molecule has 0 fully saturated rings. The summed E-state index contributed by atoms with van der Waals surface area (Å²) in [6, 6.07) is 7.16. The van der Waals surface area contributed by atoms with E-state index in [0.717, 1.165) is 0 Å². The van der Waals surface area contributed by atoms with Crippen LogP contribution in [0.25, 0.3) is 22.3 Å². The van der Waals surface area contributed by atoms with Gasteiger partial charge in [0.1, 0.15) is 23.2 Å². The summed E-state index contributed by atoms with van der Waals surface area (Å²) < 4.78 is 10.4. The maximum Gasteiger partial charge on any atom is 0.270 e. The lowest BCUT2D eigenvalue weighted by Crippen LogP contribution is -2.04. The van der Waals surface area contributed by atoms with Gasteiger partial charge in [-0.25, -0.2) is 0 Å². The molecule has 0 atom stereocenters. The highest BCUT2D eigenvalue weighted by atomic mass is 16.6. The number of fused-ring (bicyclic) bond motifs is 1. The maximum atomic E-state index is 12.3. The molecule has 6 nitrogen and oxygen atoms in total. The molecule has 0 bridgehead atoms. The summed E-state index contributed by atoms with van der Waals surface area (Å²) in [6.45, 7) is 0. The quantitative estimate of drug-likeness (QED) is 0.520. The van der Waals surface area contributed by atoms with E-state index in [0.29, 0.717) is 11.3 Å². The molecule has 0 aliphatic carbocycles. The van der Waals surface area contributed by atoms with E-state index >= 15 is 0 Å². The van der Waals surface area contributed by atoms with Crippen LogP contribution in [0.1, 0.15) is 0 Å². The van der Waals surface area contributed by atoms with Crippen LogP contribution in [0.15, 0.2) is 56.5 Å². The summed E-state index contributed by atoms with van der Waals surface area (Å²) in [6.07, 6.45) is 2.72. The molecule has 6 heteroatoms. The Labute approximate surface area is 106 Å². The second-order valence-electron chi connectivity index (χ2n) is 3.89. The number of nitro groups is 1. The van der Waals surface area contributed by atoms with E-state index in [1.54, 1.807) is 12.1 Å². The van der Waals surface area contributed by atoms with E-state index in [1.807, 2.05) is 0 Å². The molecule has 19 heavy (non-hydrogen) atoms. The third-order valence-electron chi connectivity index (χ3n) is 2.75. The summed E-state index contributed by atoms with van der Waals surface area (Å²) >= 11 is 0. The molecule has 0 spiro atoms. The molecular weight excluding hydrogens is 250 g/mol. The predicted octanol–water partition coefficient (Wildman–Crippen LogP) is 2.96. The lowest BCUT2D eigenvalue weighted by atomic mass is 10.1. The number of furan rings is 1. The van der Waals surface area contributed by atoms with Crippen molar-refractivity contribution in [2.24, 2.45) is 0 Å². The lowest BCUT2D eigenvalue weighted by Gasteiger charge is -1.99. The largest absolute Gasteiger partial charge is 0.464 e. The van der Waals surface area contributed by atoms with Crippen LogP contribution in [0.2, 0.25) is 0 Å². The second kappa shape index (κ2) is 4.09. The summed E-state index contributed by atoms with van der Waals surface area (Å²) in [5.74, 6) is 0.363. The first-order valence-electron chi connectivity index (χ1n) is 5.40. The van der Waals surface area contributed by atoms with Crippen LogP contribution in [0.4, 0.5) is 5.69 Å². The van der Waals surface area contributed by atoms with Crippen molar-refractivity contribution in [1.29, 1.82) is 0 Å². The monoisotopic (exact) mass is 257 g/mol. The van der Waals surface area contributed by atoms with Gasteiger partial charge < -0.3 is 8.83 Å². The number of rotatable bonds is 2. The Bertz CT molecular complexity index is 817. The fourth-order valence-electron chi connectivity index (χ4n) is 1.83. The van der Waals surface area contributed by atoms with Gasteiger partial charge in [0.25, 0.3) is 5.69 Å². The molecule has 0 aliphatic rings. The minimum atomic E-state index is -0.557. The lowest BCUT2D eigenvalue weighted by molar-refractivity contribution is -0.384. The zero-order valence-electron chi connectivity index (χ0n) is 9.53. The Morgan fingerprint density at radius 2 is 2.00 bits per heavy atom. The molecule has 0 amide bonds. The van der Waals surface area contributed by atoms with E-state index in [4.69, 9.17) is 8.83 Å². The number of hydrogen-bond acceptors (Lipinski definition) is 5. The highest BCUT2D eigenvalue weighted by Gasteiger charge is 2.14. The van der Waals surface area contributed by atoms with E-state index in [-0.39, 0.29) is 22.1 Å². The summed E-state index contributed by atoms with van der Waals surface area (Å²) in [7, 11) is 0. The van der Waals surface area contributed by atoms with Crippen molar-refractivity contribution in [1.82, 2.24) is 0 Å². The van der Waals surface area contributed by atoms with Gasteiger partial charge in [-0.15, -0.1) is 0 Å². The van der Waals surface area contributed by atoms with Crippen LogP contribution in [0.3, 0.4) is 0 Å². The first kappa shape index (κ1) is 11.2. The Kier molecular flexibility index (Phi) is 2.42. The molecule has 2 aromatic heterocycles. The van der Waals surface area contributed by atoms with Crippen molar-refractivity contribution < 1.29 is 13.8 Å². The van der Waals surface area contributed by atoms with Gasteiger partial charge in [0.05, 0.1) is 16.6 Å². The fourth-order valence-corrected chi connectivity index (χ4v) is 1.83. The Balaban J connectivity index is 2.31. The smallest absolute Gasteiger partial charge is 0.270 e. The molecule has 0 aliphatic heterocycles. The van der Waals surface area contributed by atoms with Gasteiger partial charge in [0.2, 0.25) is 5.43 Å². The number of non-ortho nitro benzene ring substituents is 1. The Morgan fingerprint density at radius 1 is 1.16 bits per heavy atom. The molecule has 0 unspecified atom stereocenters. The molecule has 3 rings (SSSR count). The minimum Gasteiger partial charge on any atom is -0.464 e. The Morgan fingerprint density at radius 3 is 2.68 bits per heavy atom. The van der Waals surface area contributed by atoms with E-state index in [1.165, 1.54) is 30.7 Å². The van der Waals surface area contributed by atoms with Crippen molar-refractivity contribution in [2.45, 2.75) is 0 Å². The highest BCUT2D eigenvalue weighted by molar-refractivity contribution is 5.82. The van der Waals surface area contributed by atoms with Crippen molar-refractivity contribution >= 4 is 16.7 Å². The van der Waals surface area contributed by atoms with Gasteiger partial charge in [-0.05, 0) is 18.2 Å². The zero-order valence-corrected chi connectivity index (χ0v) is 9.53. The third kappa shape index (κ3) is 1.79. The first-order valence-corrected chi connectivity index (χ1v) is 5.40. The summed E-state index contributed by atoms with van der Waals surface area (Å²) in [5, 5.41) is 10.9. The molecule has 1 aromatic carbocycles. The molecule has 0 N–H and O–H groups in total. The molecule has 94 valence electrons. The summed E-state index contributed by atoms with van der Waals surface area (Å²) in [5.41, 5.74) is 0.0141. The minimum absolute atomic E-state index is 0.156. The number of hydrogen-bond donors (Lipinski definition) is 0. The topological polar surface area (TPSA) is 86.5 Å². The van der Waals surface area contributed by atoms with E-state index in [2.05, 4.69) is 0 Å². The van der Waals surface area contributed by atoms with Gasteiger partial charge >= 0.3 is 0 Å². The van der Waals surface area contributed by atoms with E-state index in [9.17, 15) is 14.9 Å². The van der Waals surface area contributed by atoms with Gasteiger partial charge in [0.15, 0.2) is 0 Å². The van der Waals surface area contributed by atoms with Crippen molar-refractivity contribution in [2.75, 3.05) is 0 Å². The van der Waals surface area contributed by atoms with Gasteiger partial charge in [0, 0.05) is 12.1 Å². The van der Waals surface area contributed by atoms with Crippen LogP contribution < -0.4 is 5.43 Å². The molecule has 2 heterocycles. The molecule has 0 saturated carbocycles. The first-order chi connectivity index (χ1) is 9.16. The van der Waals surface area contributed by atoms with Crippen LogP contribution >= 0.6 is 0 Å². The number of benzene rings is 1. The van der Waals surface area contributed by atoms with Crippen LogP contribution in [0.5, 0.6) is 0 Å². The van der Waals surface area contributed by atoms with Crippen LogP contribution in [-0.4, -0.2) is 4.92 Å². The van der Waals surface area contributed by atoms with Gasteiger partial charge in [-0.2, -0.15) is 0 Å². The normalized spacial score (nSPS) is 10.7. The second-order valence-corrected chi connectivity index (χ2v) is 3.89. The number of nitrogens with zero attached hydrogens (tertiary/aromatic N) is 1. The summed E-state index contributed by atoms with van der Waals surface area (Å²) in [4.78, 5) is 22.4. The highest BCUT2D eigenvalue weighted by Crippen LogP contribution is 2.22. The van der Waals surface area contributed by atoms with Crippen LogP contribution in [0, 0.1) is 10.1 Å². The molecule has 3 aromatic rings. The molecular formula is C13H7NO5. The Hall–Kier alpha value is -2.89.